The van der Waals surface area contributed by atoms with Gasteiger partial charge in [0.15, 0.2) is 0 Å². The molecule has 114 valence electrons. The number of ether oxygens (including phenoxy) is 1. The summed E-state index contributed by atoms with van der Waals surface area (Å²) in [5, 5.41) is 3.81. The maximum absolute atomic E-state index is 12.0. The maximum Gasteiger partial charge on any atom is 0.387 e. The Morgan fingerprint density at radius 2 is 1.77 bits per heavy atom. The summed E-state index contributed by atoms with van der Waals surface area (Å²) >= 11 is 3.28. The minimum Gasteiger partial charge on any atom is -0.435 e. The Hall–Kier alpha value is -2.28. The highest BCUT2D eigenvalue weighted by atomic mass is 79.9. The van der Waals surface area contributed by atoms with Gasteiger partial charge in [-0.25, -0.2) is 5.43 Å². The van der Waals surface area contributed by atoms with Crippen molar-refractivity contribution >= 4 is 28.1 Å². The number of carbonyl (C=O) groups is 1. The van der Waals surface area contributed by atoms with E-state index in [9.17, 15) is 13.6 Å². The zero-order chi connectivity index (χ0) is 15.9. The Morgan fingerprint density at radius 1 is 1.14 bits per heavy atom. The van der Waals surface area contributed by atoms with E-state index in [1.165, 1.54) is 18.3 Å². The number of amides is 1. The lowest BCUT2D eigenvalue weighted by Gasteiger charge is -2.03. The van der Waals surface area contributed by atoms with Crippen LogP contribution in [0.15, 0.2) is 58.1 Å². The molecule has 4 nitrogen and oxygen atoms in total. The van der Waals surface area contributed by atoms with E-state index in [-0.39, 0.29) is 11.7 Å². The Kier molecular flexibility index (Phi) is 5.60. The summed E-state index contributed by atoms with van der Waals surface area (Å²) in [5.41, 5.74) is 3.49. The van der Waals surface area contributed by atoms with E-state index in [2.05, 4.69) is 31.2 Å². The fourth-order valence-corrected chi connectivity index (χ4v) is 1.83. The molecule has 0 saturated heterocycles. The average Bonchev–Trinajstić information content (AvgIpc) is 2.49. The standard InChI is InChI=1S/C15H11BrF2N2O2/c16-12-5-3-11(4-6-12)14(21)20-19-9-10-1-7-13(8-2-10)22-15(17)18/h1-9,15H,(H,20,21)/b19-9-. The highest BCUT2D eigenvalue weighted by Gasteiger charge is 2.04. The van der Waals surface area contributed by atoms with Gasteiger partial charge in [0.25, 0.3) is 5.91 Å². The van der Waals surface area contributed by atoms with Crippen LogP contribution in [-0.4, -0.2) is 18.7 Å². The first-order valence-corrected chi connectivity index (χ1v) is 6.98. The van der Waals surface area contributed by atoms with Gasteiger partial charge in [0.2, 0.25) is 0 Å². The topological polar surface area (TPSA) is 50.7 Å². The van der Waals surface area contributed by atoms with Crippen molar-refractivity contribution in [3.8, 4) is 5.75 Å². The van der Waals surface area contributed by atoms with Crippen molar-refractivity contribution in [3.05, 3.63) is 64.1 Å². The van der Waals surface area contributed by atoms with Crippen molar-refractivity contribution in [2.45, 2.75) is 6.61 Å². The van der Waals surface area contributed by atoms with E-state index in [1.54, 1.807) is 36.4 Å². The summed E-state index contributed by atoms with van der Waals surface area (Å²) < 4.78 is 29.1. The fraction of sp³-hybridized carbons (Fsp3) is 0.0667. The molecule has 1 amide bonds. The molecule has 2 rings (SSSR count). The van der Waals surface area contributed by atoms with Crippen molar-refractivity contribution in [1.29, 1.82) is 0 Å². The smallest absolute Gasteiger partial charge is 0.387 e. The summed E-state index contributed by atoms with van der Waals surface area (Å²) in [7, 11) is 0. The molecule has 2 aromatic rings. The van der Waals surface area contributed by atoms with Gasteiger partial charge in [0.1, 0.15) is 5.75 Å². The number of hydrogen-bond acceptors (Lipinski definition) is 3. The van der Waals surface area contributed by atoms with Gasteiger partial charge in [0.05, 0.1) is 6.21 Å². The molecule has 0 aromatic heterocycles. The zero-order valence-electron chi connectivity index (χ0n) is 11.2. The van der Waals surface area contributed by atoms with Crippen molar-refractivity contribution in [2.24, 2.45) is 5.10 Å². The first-order valence-electron chi connectivity index (χ1n) is 6.18. The van der Waals surface area contributed by atoms with Gasteiger partial charge < -0.3 is 4.74 Å². The number of hydrazone groups is 1. The number of hydrogen-bond donors (Lipinski definition) is 1. The third kappa shape index (κ3) is 4.92. The number of halogens is 3. The van der Waals surface area contributed by atoms with E-state index >= 15 is 0 Å². The second-order valence-corrected chi connectivity index (χ2v) is 5.07. The molecule has 0 fully saturated rings. The van der Waals surface area contributed by atoms with Gasteiger partial charge in [0, 0.05) is 10.0 Å². The van der Waals surface area contributed by atoms with Crippen molar-refractivity contribution < 1.29 is 18.3 Å². The Labute approximate surface area is 133 Å². The predicted molar refractivity (Wildman–Crippen MR) is 82.3 cm³/mol. The quantitative estimate of drug-likeness (QED) is 0.644. The highest BCUT2D eigenvalue weighted by Crippen LogP contribution is 2.14. The van der Waals surface area contributed by atoms with E-state index in [0.29, 0.717) is 11.1 Å². The van der Waals surface area contributed by atoms with Gasteiger partial charge in [-0.1, -0.05) is 15.9 Å². The zero-order valence-corrected chi connectivity index (χ0v) is 12.8. The first-order chi connectivity index (χ1) is 10.5. The van der Waals surface area contributed by atoms with E-state index in [1.807, 2.05) is 0 Å². The molecule has 0 unspecified atom stereocenters. The molecule has 0 aliphatic heterocycles. The van der Waals surface area contributed by atoms with Crippen molar-refractivity contribution in [2.75, 3.05) is 0 Å². The van der Waals surface area contributed by atoms with Crippen molar-refractivity contribution in [3.63, 3.8) is 0 Å². The van der Waals surface area contributed by atoms with Gasteiger partial charge >= 0.3 is 6.61 Å². The van der Waals surface area contributed by atoms with Gasteiger partial charge in [-0.2, -0.15) is 13.9 Å². The Morgan fingerprint density at radius 3 is 2.36 bits per heavy atom. The minimum absolute atomic E-state index is 0.0612. The van der Waals surface area contributed by atoms with Crippen LogP contribution in [0.4, 0.5) is 8.78 Å². The molecule has 2 aromatic carbocycles. The number of carbonyl (C=O) groups excluding carboxylic acids is 1. The van der Waals surface area contributed by atoms with Crippen LogP contribution in [-0.2, 0) is 0 Å². The van der Waals surface area contributed by atoms with Gasteiger partial charge in [-0.05, 0) is 54.1 Å². The second-order valence-electron chi connectivity index (χ2n) is 4.15. The lowest BCUT2D eigenvalue weighted by molar-refractivity contribution is -0.0498. The third-order valence-corrected chi connectivity index (χ3v) is 3.12. The van der Waals surface area contributed by atoms with Crippen LogP contribution in [0.1, 0.15) is 15.9 Å². The number of benzene rings is 2. The lowest BCUT2D eigenvalue weighted by Crippen LogP contribution is -2.17. The monoisotopic (exact) mass is 368 g/mol. The summed E-state index contributed by atoms with van der Waals surface area (Å²) in [6, 6.07) is 12.7. The van der Waals surface area contributed by atoms with Gasteiger partial charge in [-0.15, -0.1) is 0 Å². The number of alkyl halides is 2. The average molecular weight is 369 g/mol. The molecule has 0 heterocycles. The van der Waals surface area contributed by atoms with E-state index in [4.69, 9.17) is 0 Å². The summed E-state index contributed by atoms with van der Waals surface area (Å²) in [6.07, 6.45) is 1.41. The predicted octanol–water partition coefficient (Wildman–Crippen LogP) is 3.81. The number of rotatable bonds is 5. The van der Waals surface area contributed by atoms with E-state index < -0.39 is 6.61 Å². The molecule has 0 spiro atoms. The highest BCUT2D eigenvalue weighted by molar-refractivity contribution is 9.10. The Bertz CT molecular complexity index is 658. The molecule has 0 aliphatic rings. The fourth-order valence-electron chi connectivity index (χ4n) is 1.57. The molecule has 1 N–H and O–H groups in total. The molecule has 0 bridgehead atoms. The number of nitrogens with zero attached hydrogens (tertiary/aromatic N) is 1. The van der Waals surface area contributed by atoms with Gasteiger partial charge in [-0.3, -0.25) is 4.79 Å². The molecule has 7 heteroatoms. The Balaban J connectivity index is 1.91. The van der Waals surface area contributed by atoms with Crippen LogP contribution in [0.25, 0.3) is 0 Å². The largest absolute Gasteiger partial charge is 0.435 e. The minimum atomic E-state index is -2.86. The molecule has 0 aliphatic carbocycles. The summed E-state index contributed by atoms with van der Waals surface area (Å²) in [5.74, 6) is -0.285. The molecular formula is C15H11BrF2N2O2. The second kappa shape index (κ2) is 7.65. The molecule has 22 heavy (non-hydrogen) atoms. The third-order valence-electron chi connectivity index (χ3n) is 2.59. The summed E-state index contributed by atoms with van der Waals surface area (Å²) in [4.78, 5) is 11.8. The van der Waals surface area contributed by atoms with Crippen molar-refractivity contribution in [1.82, 2.24) is 5.43 Å². The lowest BCUT2D eigenvalue weighted by atomic mass is 10.2. The van der Waals surface area contributed by atoms with Crippen LogP contribution < -0.4 is 10.2 Å². The SMILES string of the molecule is O=C(N/N=C\c1ccc(OC(F)F)cc1)c1ccc(Br)cc1. The van der Waals surface area contributed by atoms with Crippen LogP contribution >= 0.6 is 15.9 Å². The summed E-state index contributed by atoms with van der Waals surface area (Å²) in [6.45, 7) is -2.86. The van der Waals surface area contributed by atoms with Crippen LogP contribution in [0.2, 0.25) is 0 Å². The molecule has 0 atom stereocenters. The van der Waals surface area contributed by atoms with E-state index in [0.717, 1.165) is 4.47 Å². The molecule has 0 radical (unpaired) electrons. The van der Waals surface area contributed by atoms with Crippen LogP contribution in [0, 0.1) is 0 Å². The maximum atomic E-state index is 12.0. The first kappa shape index (κ1) is 16.1. The number of nitrogens with one attached hydrogen (secondary N) is 1. The van der Waals surface area contributed by atoms with Crippen LogP contribution in [0.5, 0.6) is 5.75 Å². The molecule has 0 saturated carbocycles. The van der Waals surface area contributed by atoms with Crippen LogP contribution in [0.3, 0.4) is 0 Å². The normalized spacial score (nSPS) is 10.9. The molecular weight excluding hydrogens is 358 g/mol.